The van der Waals surface area contributed by atoms with Crippen molar-refractivity contribution in [2.75, 3.05) is 20.3 Å². The number of aliphatic hydroxyl groups excluding tert-OH is 2. The van der Waals surface area contributed by atoms with Gasteiger partial charge in [-0.25, -0.2) is 5.43 Å². The van der Waals surface area contributed by atoms with Crippen molar-refractivity contribution in [1.82, 2.24) is 10.3 Å². The number of ether oxygens (including phenoxy) is 2. The highest BCUT2D eigenvalue weighted by Gasteiger charge is 2.49. The van der Waals surface area contributed by atoms with Gasteiger partial charge in [0.25, 0.3) is 11.8 Å². The van der Waals surface area contributed by atoms with Gasteiger partial charge in [-0.15, -0.1) is 12.4 Å². The topological polar surface area (TPSA) is 259 Å². The van der Waals surface area contributed by atoms with Gasteiger partial charge in [-0.2, -0.15) is 5.10 Å². The van der Waals surface area contributed by atoms with Gasteiger partial charge >= 0.3 is 0 Å². The number of hydrazone groups is 1. The maximum Gasteiger partial charge on any atom is 0.253 e. The van der Waals surface area contributed by atoms with E-state index in [4.69, 9.17) is 15.2 Å². The standard InChI is InChI=1S/C38H44N4O12.ClH/c1-18-13-19(14-22(39)33(18)47)54-24-16-38(52,25(17-43)40-41-26(44)9-4-3-5-12-42-27(45)10-11-28(42)46)15-21-30(24)37(51)32-31(35(21)49)34(48)20-7-6-8-23(53-2)29(20)36(32)50;/h6-8,10-11,18-19,22,24,33,43,47,49,51-52H,3-5,9,12-17,39H2,1-2H3,(H,41,44);1H/b40-25+;/t18?,19?,22?,24-,33?,38?;/m0./s1. The number of nitrogens with two attached hydrogens (primary N) is 1. The second kappa shape index (κ2) is 16.6. The first-order chi connectivity index (χ1) is 25.7. The minimum Gasteiger partial charge on any atom is -0.507 e. The van der Waals surface area contributed by atoms with Crippen LogP contribution in [0.5, 0.6) is 17.2 Å². The Balaban J connectivity index is 0.00000580. The Labute approximate surface area is 322 Å². The number of ketones is 2. The molecule has 4 aliphatic rings. The number of methoxy groups -OCH3 is 1. The number of aliphatic hydroxyl groups is 3. The van der Waals surface area contributed by atoms with Crippen molar-refractivity contribution >= 4 is 47.4 Å². The van der Waals surface area contributed by atoms with Crippen LogP contribution in [-0.2, 0) is 25.5 Å². The molecular weight excluding hydrogens is 740 g/mol. The van der Waals surface area contributed by atoms with Gasteiger partial charge in [0.2, 0.25) is 11.7 Å². The van der Waals surface area contributed by atoms with Crippen molar-refractivity contribution in [3.63, 3.8) is 0 Å². The molecule has 3 amide bonds. The van der Waals surface area contributed by atoms with Crippen molar-refractivity contribution in [2.45, 2.75) is 88.2 Å². The summed E-state index contributed by atoms with van der Waals surface area (Å²) in [6.45, 7) is 1.17. The highest BCUT2D eigenvalue weighted by Crippen LogP contribution is 2.52. The molecule has 16 nitrogen and oxygen atoms in total. The van der Waals surface area contributed by atoms with Crippen LogP contribution in [0.1, 0.15) is 101 Å². The molecule has 1 heterocycles. The third kappa shape index (κ3) is 7.75. The van der Waals surface area contributed by atoms with Gasteiger partial charge in [-0.05, 0) is 37.7 Å². The molecule has 1 fully saturated rings. The number of imide groups is 1. The Morgan fingerprint density at radius 3 is 2.36 bits per heavy atom. The molecule has 0 aromatic heterocycles. The van der Waals surface area contributed by atoms with E-state index in [9.17, 15) is 49.5 Å². The van der Waals surface area contributed by atoms with Crippen molar-refractivity contribution in [1.29, 1.82) is 0 Å². The highest BCUT2D eigenvalue weighted by atomic mass is 35.5. The van der Waals surface area contributed by atoms with Gasteiger partial charge in [-0.3, -0.25) is 28.9 Å². The number of phenols is 2. The van der Waals surface area contributed by atoms with Crippen LogP contribution in [0.4, 0.5) is 0 Å². The number of fused-ring (bicyclic) bond motifs is 3. The lowest BCUT2D eigenvalue weighted by Gasteiger charge is -2.43. The van der Waals surface area contributed by atoms with Crippen molar-refractivity contribution in [3.8, 4) is 17.2 Å². The summed E-state index contributed by atoms with van der Waals surface area (Å²) in [5.41, 5.74) is 4.92. The number of unbranched alkanes of at least 4 members (excludes halogenated alkanes) is 2. The average molecular weight is 785 g/mol. The van der Waals surface area contributed by atoms with E-state index in [0.717, 1.165) is 4.90 Å². The lowest BCUT2D eigenvalue weighted by Crippen LogP contribution is -2.50. The Hall–Kier alpha value is -4.71. The monoisotopic (exact) mass is 784 g/mol. The smallest absolute Gasteiger partial charge is 0.253 e. The molecule has 2 aromatic rings. The van der Waals surface area contributed by atoms with E-state index in [-0.39, 0.29) is 89.7 Å². The third-order valence-corrected chi connectivity index (χ3v) is 10.8. The van der Waals surface area contributed by atoms with Gasteiger partial charge in [0.05, 0.1) is 54.4 Å². The molecule has 0 bridgehead atoms. The number of carbonyl (C=O) groups is 5. The number of nitrogens with one attached hydrogen (secondary N) is 1. The minimum absolute atomic E-state index is 0. The molecule has 1 aliphatic heterocycles. The van der Waals surface area contributed by atoms with Crippen LogP contribution in [0.15, 0.2) is 35.5 Å². The first kappa shape index (κ1) is 41.5. The third-order valence-electron chi connectivity index (χ3n) is 10.8. The maximum absolute atomic E-state index is 14.0. The summed E-state index contributed by atoms with van der Waals surface area (Å²) in [5, 5.41) is 60.8. The van der Waals surface area contributed by atoms with E-state index >= 15 is 0 Å². The molecule has 5 unspecified atom stereocenters. The van der Waals surface area contributed by atoms with Crippen LogP contribution in [0.2, 0.25) is 0 Å². The fourth-order valence-corrected chi connectivity index (χ4v) is 7.97. The Morgan fingerprint density at radius 1 is 1.02 bits per heavy atom. The SMILES string of the molecule is COc1cccc2c1C(=O)c1c(O)c3c(c(O)c1C2=O)CC(O)(/C(CO)=N/NC(=O)CCCCCN1C(=O)C=CC1=O)C[C@@H]3OC1CC(C)C(O)C(N)C1.Cl. The summed E-state index contributed by atoms with van der Waals surface area (Å²) in [7, 11) is 1.33. The fourth-order valence-electron chi connectivity index (χ4n) is 7.97. The molecule has 3 aliphatic carbocycles. The minimum atomic E-state index is -2.11. The number of amides is 3. The summed E-state index contributed by atoms with van der Waals surface area (Å²) in [5.74, 6) is -4.32. The number of nitrogens with zero attached hydrogens (tertiary/aromatic N) is 2. The quantitative estimate of drug-likeness (QED) is 0.0452. The van der Waals surface area contributed by atoms with Crippen LogP contribution in [0.3, 0.4) is 0 Å². The molecule has 17 heteroatoms. The maximum atomic E-state index is 14.0. The van der Waals surface area contributed by atoms with Crippen molar-refractivity contribution < 1.29 is 59.0 Å². The van der Waals surface area contributed by atoms with Gasteiger partial charge in [0.15, 0.2) is 5.78 Å². The van der Waals surface area contributed by atoms with Crippen LogP contribution < -0.4 is 15.9 Å². The zero-order valence-corrected chi connectivity index (χ0v) is 31.1. The molecule has 6 atom stereocenters. The molecule has 8 N–H and O–H groups in total. The first-order valence-corrected chi connectivity index (χ1v) is 17.9. The summed E-state index contributed by atoms with van der Waals surface area (Å²) < 4.78 is 11.8. The molecule has 6 rings (SSSR count). The lowest BCUT2D eigenvalue weighted by molar-refractivity contribution is -0.137. The van der Waals surface area contributed by atoms with Gasteiger partial charge in [0, 0.05) is 60.7 Å². The molecule has 2 aromatic carbocycles. The van der Waals surface area contributed by atoms with Crippen LogP contribution in [0, 0.1) is 5.92 Å². The number of hydrogen-bond donors (Lipinski definition) is 7. The summed E-state index contributed by atoms with van der Waals surface area (Å²) in [6.07, 6.45) is 0.818. The second-order valence-electron chi connectivity index (χ2n) is 14.4. The Kier molecular flexibility index (Phi) is 12.5. The number of aromatic hydroxyl groups is 2. The molecule has 0 spiro atoms. The fraction of sp³-hybridized carbons (Fsp3) is 0.474. The number of carbonyl (C=O) groups excluding carboxylic acids is 5. The summed E-state index contributed by atoms with van der Waals surface area (Å²) in [4.78, 5) is 65.2. The van der Waals surface area contributed by atoms with E-state index in [1.165, 1.54) is 37.5 Å². The Morgan fingerprint density at radius 2 is 1.71 bits per heavy atom. The summed E-state index contributed by atoms with van der Waals surface area (Å²) in [6, 6.07) is 3.74. The lowest BCUT2D eigenvalue weighted by atomic mass is 9.71. The number of hydrogen-bond acceptors (Lipinski definition) is 14. The largest absolute Gasteiger partial charge is 0.507 e. The van der Waals surface area contributed by atoms with Crippen molar-refractivity contribution in [2.24, 2.45) is 16.8 Å². The molecule has 55 heavy (non-hydrogen) atoms. The molecule has 1 saturated carbocycles. The van der Waals surface area contributed by atoms with E-state index in [2.05, 4.69) is 10.5 Å². The first-order valence-electron chi connectivity index (χ1n) is 17.9. The molecule has 0 saturated heterocycles. The predicted molar refractivity (Wildman–Crippen MR) is 197 cm³/mol. The number of phenolic OH excluding ortho intramolecular Hbond substituents is 2. The van der Waals surface area contributed by atoms with Gasteiger partial charge < -0.3 is 40.7 Å². The van der Waals surface area contributed by atoms with Crippen LogP contribution in [-0.4, -0.2) is 110 Å². The zero-order chi connectivity index (χ0) is 39.1. The molecular formula is C38H45ClN4O12. The summed E-state index contributed by atoms with van der Waals surface area (Å²) >= 11 is 0. The van der Waals surface area contributed by atoms with Crippen LogP contribution >= 0.6 is 12.4 Å². The number of halogens is 1. The molecule has 0 radical (unpaired) electrons. The number of benzene rings is 2. The van der Waals surface area contributed by atoms with E-state index < -0.39 is 83.1 Å². The Bertz CT molecular complexity index is 1940. The average Bonchev–Trinajstić information content (AvgIpc) is 3.46. The van der Waals surface area contributed by atoms with E-state index in [1.807, 2.05) is 0 Å². The van der Waals surface area contributed by atoms with E-state index in [1.54, 1.807) is 6.92 Å². The normalized spacial score (nSPS) is 26.0. The number of rotatable bonds is 12. The van der Waals surface area contributed by atoms with Crippen LogP contribution in [0.25, 0.3) is 0 Å². The highest BCUT2D eigenvalue weighted by molar-refractivity contribution is 6.31. The predicted octanol–water partition coefficient (Wildman–Crippen LogP) is 1.48. The zero-order valence-electron chi connectivity index (χ0n) is 30.3. The van der Waals surface area contributed by atoms with E-state index in [0.29, 0.717) is 25.7 Å². The second-order valence-corrected chi connectivity index (χ2v) is 14.4. The van der Waals surface area contributed by atoms with Crippen molar-refractivity contribution in [3.05, 3.63) is 63.7 Å². The van der Waals surface area contributed by atoms with Gasteiger partial charge in [0.1, 0.15) is 22.8 Å². The van der Waals surface area contributed by atoms with Gasteiger partial charge in [-0.1, -0.05) is 25.5 Å². The molecule has 296 valence electrons.